The van der Waals surface area contributed by atoms with Gasteiger partial charge in [-0.05, 0) is 31.2 Å². The van der Waals surface area contributed by atoms with Crippen molar-refractivity contribution in [2.24, 2.45) is 0 Å². The smallest absolute Gasteiger partial charge is 0.258 e. The van der Waals surface area contributed by atoms with Gasteiger partial charge in [0, 0.05) is 32.4 Å². The first-order valence-corrected chi connectivity index (χ1v) is 9.05. The molecule has 0 bridgehead atoms. The molecule has 1 aromatic heterocycles. The number of nitrogens with one attached hydrogen (secondary N) is 1. The zero-order chi connectivity index (χ0) is 19.1. The predicted octanol–water partition coefficient (Wildman–Crippen LogP) is 1.31. The summed E-state index contributed by atoms with van der Waals surface area (Å²) in [6.07, 6.45) is 1.77. The molecule has 27 heavy (non-hydrogen) atoms. The normalized spacial score (nSPS) is 15.1. The Kier molecular flexibility index (Phi) is 6.25. The maximum absolute atomic E-state index is 12.6. The van der Waals surface area contributed by atoms with Gasteiger partial charge < -0.3 is 19.9 Å². The third-order valence-corrected chi connectivity index (χ3v) is 4.43. The van der Waals surface area contributed by atoms with Crippen molar-refractivity contribution in [1.82, 2.24) is 15.2 Å². The number of nitrogens with zero attached hydrogens (tertiary/aromatic N) is 3. The van der Waals surface area contributed by atoms with Crippen molar-refractivity contribution in [2.45, 2.75) is 13.0 Å². The molecule has 2 amide bonds. The number of benzene rings is 1. The molecule has 1 atom stereocenters. The van der Waals surface area contributed by atoms with Gasteiger partial charge >= 0.3 is 0 Å². The first-order valence-electron chi connectivity index (χ1n) is 9.05. The minimum Gasteiger partial charge on any atom is -0.484 e. The molecule has 1 N–H and O–H groups in total. The van der Waals surface area contributed by atoms with E-state index >= 15 is 0 Å². The predicted molar refractivity (Wildman–Crippen MR) is 103 cm³/mol. The number of para-hydroxylation sites is 1. The van der Waals surface area contributed by atoms with Crippen molar-refractivity contribution in [3.05, 3.63) is 54.7 Å². The number of carbonyl (C=O) groups excluding carboxylic acids is 2. The number of pyridine rings is 1. The molecule has 0 saturated carbocycles. The van der Waals surface area contributed by atoms with Crippen LogP contribution in [0.25, 0.3) is 0 Å². The van der Waals surface area contributed by atoms with Gasteiger partial charge in [-0.25, -0.2) is 4.98 Å². The van der Waals surface area contributed by atoms with Gasteiger partial charge in [0.25, 0.3) is 5.91 Å². The van der Waals surface area contributed by atoms with Crippen LogP contribution in [0.3, 0.4) is 0 Å². The fourth-order valence-electron chi connectivity index (χ4n) is 2.98. The lowest BCUT2D eigenvalue weighted by molar-refractivity contribution is -0.136. The van der Waals surface area contributed by atoms with E-state index in [1.54, 1.807) is 30.2 Å². The number of hydrogen-bond donors (Lipinski definition) is 1. The van der Waals surface area contributed by atoms with Crippen LogP contribution >= 0.6 is 0 Å². The van der Waals surface area contributed by atoms with Crippen molar-refractivity contribution in [3.63, 3.8) is 0 Å². The van der Waals surface area contributed by atoms with Gasteiger partial charge in [0.15, 0.2) is 6.61 Å². The molecule has 3 rings (SSSR count). The Labute approximate surface area is 158 Å². The van der Waals surface area contributed by atoms with E-state index in [2.05, 4.69) is 15.2 Å². The van der Waals surface area contributed by atoms with Crippen LogP contribution in [0.15, 0.2) is 54.7 Å². The molecule has 0 aliphatic carbocycles. The molecule has 7 heteroatoms. The van der Waals surface area contributed by atoms with E-state index in [0.29, 0.717) is 18.8 Å². The Morgan fingerprint density at radius 3 is 2.44 bits per heavy atom. The van der Waals surface area contributed by atoms with Crippen LogP contribution in [-0.2, 0) is 9.59 Å². The second-order valence-corrected chi connectivity index (χ2v) is 6.39. The Morgan fingerprint density at radius 2 is 1.78 bits per heavy atom. The van der Waals surface area contributed by atoms with Gasteiger partial charge in [-0.15, -0.1) is 0 Å². The van der Waals surface area contributed by atoms with Crippen LogP contribution in [0.4, 0.5) is 5.82 Å². The Hall–Kier alpha value is -3.09. The van der Waals surface area contributed by atoms with Crippen LogP contribution in [-0.4, -0.2) is 60.5 Å². The van der Waals surface area contributed by atoms with Gasteiger partial charge in [0.1, 0.15) is 17.6 Å². The molecule has 1 aromatic carbocycles. The third-order valence-electron chi connectivity index (χ3n) is 4.43. The summed E-state index contributed by atoms with van der Waals surface area (Å²) >= 11 is 0. The molecule has 2 aromatic rings. The average molecular weight is 368 g/mol. The highest BCUT2D eigenvalue weighted by Gasteiger charge is 2.26. The van der Waals surface area contributed by atoms with Crippen molar-refractivity contribution >= 4 is 17.6 Å². The summed E-state index contributed by atoms with van der Waals surface area (Å²) in [6.45, 7) is 4.25. The van der Waals surface area contributed by atoms with Gasteiger partial charge in [0.2, 0.25) is 5.91 Å². The minimum absolute atomic E-state index is 0.0799. The Balaban J connectivity index is 1.43. The van der Waals surface area contributed by atoms with Gasteiger partial charge in [-0.3, -0.25) is 9.59 Å². The molecule has 1 saturated heterocycles. The van der Waals surface area contributed by atoms with Crippen molar-refractivity contribution in [3.8, 4) is 5.75 Å². The van der Waals surface area contributed by atoms with Gasteiger partial charge in [0.05, 0.1) is 0 Å². The number of rotatable bonds is 6. The lowest BCUT2D eigenvalue weighted by Gasteiger charge is -2.36. The minimum atomic E-state index is -0.585. The summed E-state index contributed by atoms with van der Waals surface area (Å²) in [5, 5.41) is 2.71. The fraction of sp³-hybridized carbons (Fsp3) is 0.350. The van der Waals surface area contributed by atoms with Crippen molar-refractivity contribution in [1.29, 1.82) is 0 Å². The quantitative estimate of drug-likeness (QED) is 0.832. The molecule has 0 unspecified atom stereocenters. The lowest BCUT2D eigenvalue weighted by atomic mass is 10.2. The number of amides is 2. The molecule has 1 fully saturated rings. The SMILES string of the molecule is C[C@@H](NC(=O)COc1ccccc1)C(=O)N1CCN(c2ccccn2)CC1. The van der Waals surface area contributed by atoms with Crippen molar-refractivity contribution in [2.75, 3.05) is 37.7 Å². The summed E-state index contributed by atoms with van der Waals surface area (Å²) in [5.74, 6) is 1.15. The largest absolute Gasteiger partial charge is 0.484 e. The molecular weight excluding hydrogens is 344 g/mol. The van der Waals surface area contributed by atoms with E-state index in [-0.39, 0.29) is 18.4 Å². The Bertz CT molecular complexity index is 746. The molecule has 2 heterocycles. The second-order valence-electron chi connectivity index (χ2n) is 6.39. The number of hydrogen-bond acceptors (Lipinski definition) is 5. The van der Waals surface area contributed by atoms with Gasteiger partial charge in [-0.2, -0.15) is 0 Å². The van der Waals surface area contributed by atoms with Crippen LogP contribution in [0, 0.1) is 0 Å². The molecular formula is C20H24N4O3. The highest BCUT2D eigenvalue weighted by Crippen LogP contribution is 2.13. The third kappa shape index (κ3) is 5.20. The van der Waals surface area contributed by atoms with Crippen LogP contribution in [0.1, 0.15) is 6.92 Å². The van der Waals surface area contributed by atoms with E-state index in [1.807, 2.05) is 36.4 Å². The topological polar surface area (TPSA) is 74.8 Å². The number of aromatic nitrogens is 1. The maximum Gasteiger partial charge on any atom is 0.258 e. The number of carbonyl (C=O) groups is 2. The van der Waals surface area contributed by atoms with E-state index in [4.69, 9.17) is 4.74 Å². The molecule has 1 aliphatic rings. The second kappa shape index (κ2) is 9.02. The highest BCUT2D eigenvalue weighted by molar-refractivity contribution is 5.88. The van der Waals surface area contributed by atoms with E-state index in [9.17, 15) is 9.59 Å². The summed E-state index contributed by atoms with van der Waals surface area (Å²) in [4.78, 5) is 32.9. The Morgan fingerprint density at radius 1 is 1.07 bits per heavy atom. The van der Waals surface area contributed by atoms with Crippen LogP contribution < -0.4 is 15.0 Å². The lowest BCUT2D eigenvalue weighted by Crippen LogP contribution is -2.54. The highest BCUT2D eigenvalue weighted by atomic mass is 16.5. The molecule has 0 spiro atoms. The number of piperazine rings is 1. The van der Waals surface area contributed by atoms with E-state index in [1.165, 1.54) is 0 Å². The van der Waals surface area contributed by atoms with E-state index in [0.717, 1.165) is 18.9 Å². The first kappa shape index (κ1) is 18.7. The zero-order valence-corrected chi connectivity index (χ0v) is 15.4. The summed E-state index contributed by atoms with van der Waals surface area (Å²) in [6, 6.07) is 14.3. The molecule has 142 valence electrons. The average Bonchev–Trinajstić information content (AvgIpc) is 2.73. The van der Waals surface area contributed by atoms with Crippen LogP contribution in [0.2, 0.25) is 0 Å². The molecule has 1 aliphatic heterocycles. The molecule has 0 radical (unpaired) electrons. The number of anilines is 1. The van der Waals surface area contributed by atoms with Gasteiger partial charge in [-0.1, -0.05) is 24.3 Å². The summed E-state index contributed by atoms with van der Waals surface area (Å²) in [5.41, 5.74) is 0. The standard InChI is InChI=1S/C20H24N4O3/c1-16(22-19(25)15-27-17-7-3-2-4-8-17)20(26)24-13-11-23(12-14-24)18-9-5-6-10-21-18/h2-10,16H,11-15H2,1H3,(H,22,25)/t16-/m1/s1. The van der Waals surface area contributed by atoms with Crippen LogP contribution in [0.5, 0.6) is 5.75 Å². The summed E-state index contributed by atoms with van der Waals surface area (Å²) in [7, 11) is 0. The van der Waals surface area contributed by atoms with E-state index < -0.39 is 6.04 Å². The zero-order valence-electron chi connectivity index (χ0n) is 15.4. The molecule has 7 nitrogen and oxygen atoms in total. The fourth-order valence-corrected chi connectivity index (χ4v) is 2.98. The first-order chi connectivity index (χ1) is 13.1. The number of ether oxygens (including phenoxy) is 1. The monoisotopic (exact) mass is 368 g/mol. The van der Waals surface area contributed by atoms with Crippen molar-refractivity contribution < 1.29 is 14.3 Å². The maximum atomic E-state index is 12.6. The summed E-state index contributed by atoms with van der Waals surface area (Å²) < 4.78 is 5.41.